The number of sulfonamides is 1. The first-order valence-corrected chi connectivity index (χ1v) is 8.43. The molecule has 0 radical (unpaired) electrons. The molecule has 0 spiro atoms. The molecule has 0 saturated heterocycles. The van der Waals surface area contributed by atoms with Crippen LogP contribution in [0.15, 0.2) is 22.4 Å². The lowest BCUT2D eigenvalue weighted by atomic mass is 10.1. The number of aryl methyl sites for hydroxylation is 2. The number of hydrogen-bond acceptors (Lipinski definition) is 5. The molecule has 0 aliphatic rings. The van der Waals surface area contributed by atoms with E-state index in [1.54, 1.807) is 19.1 Å². The SMILES string of the molecule is Cc1cc(N)c(C)c(S(=O)(=O)NCc2nc(C)cs2)c1. The quantitative estimate of drug-likeness (QED) is 0.847. The molecule has 0 saturated carbocycles. The van der Waals surface area contributed by atoms with Crippen LogP contribution < -0.4 is 10.5 Å². The summed E-state index contributed by atoms with van der Waals surface area (Å²) in [5.74, 6) is 0. The zero-order valence-corrected chi connectivity index (χ0v) is 13.2. The van der Waals surface area contributed by atoms with Crippen LogP contribution in [0.5, 0.6) is 0 Å². The number of rotatable bonds is 4. The Morgan fingerprint density at radius 1 is 1.30 bits per heavy atom. The van der Waals surface area contributed by atoms with Crippen molar-refractivity contribution in [1.82, 2.24) is 9.71 Å². The zero-order chi connectivity index (χ0) is 14.9. The molecule has 0 fully saturated rings. The normalized spacial score (nSPS) is 11.8. The summed E-state index contributed by atoms with van der Waals surface area (Å²) >= 11 is 1.43. The van der Waals surface area contributed by atoms with E-state index in [2.05, 4.69) is 9.71 Å². The van der Waals surface area contributed by atoms with Gasteiger partial charge in [0.25, 0.3) is 0 Å². The lowest BCUT2D eigenvalue weighted by Gasteiger charge is -2.11. The summed E-state index contributed by atoms with van der Waals surface area (Å²) in [5, 5.41) is 2.63. The van der Waals surface area contributed by atoms with Gasteiger partial charge in [0.2, 0.25) is 10.0 Å². The number of nitrogen functional groups attached to an aromatic ring is 1. The van der Waals surface area contributed by atoms with E-state index in [0.717, 1.165) is 16.3 Å². The molecule has 1 aromatic carbocycles. The maximum Gasteiger partial charge on any atom is 0.241 e. The molecule has 0 aliphatic heterocycles. The lowest BCUT2D eigenvalue weighted by molar-refractivity contribution is 0.580. The molecule has 0 amide bonds. The van der Waals surface area contributed by atoms with E-state index < -0.39 is 10.0 Å². The standard InChI is InChI=1S/C13H17N3O2S2/c1-8-4-11(14)10(3)12(5-8)20(17,18)15-6-13-16-9(2)7-19-13/h4-5,7,15H,6,14H2,1-3H3. The van der Waals surface area contributed by atoms with Gasteiger partial charge in [0, 0.05) is 16.8 Å². The summed E-state index contributed by atoms with van der Waals surface area (Å²) in [7, 11) is -3.59. The molecule has 0 aliphatic carbocycles. The first-order valence-electron chi connectivity index (χ1n) is 6.07. The molecule has 0 atom stereocenters. The molecule has 3 N–H and O–H groups in total. The molecule has 1 heterocycles. The molecule has 2 rings (SSSR count). The highest BCUT2D eigenvalue weighted by Crippen LogP contribution is 2.23. The largest absolute Gasteiger partial charge is 0.398 e. The van der Waals surface area contributed by atoms with E-state index in [1.165, 1.54) is 11.3 Å². The Bertz CT molecular complexity index is 736. The molecule has 5 nitrogen and oxygen atoms in total. The fraction of sp³-hybridized carbons (Fsp3) is 0.308. The molecular formula is C13H17N3O2S2. The van der Waals surface area contributed by atoms with Crippen molar-refractivity contribution in [2.45, 2.75) is 32.2 Å². The Hall–Kier alpha value is -1.44. The van der Waals surface area contributed by atoms with Crippen molar-refractivity contribution < 1.29 is 8.42 Å². The maximum atomic E-state index is 12.3. The van der Waals surface area contributed by atoms with Gasteiger partial charge in [-0.1, -0.05) is 0 Å². The minimum absolute atomic E-state index is 0.189. The van der Waals surface area contributed by atoms with Gasteiger partial charge in [-0.05, 0) is 44.0 Å². The van der Waals surface area contributed by atoms with Crippen molar-refractivity contribution in [3.8, 4) is 0 Å². The van der Waals surface area contributed by atoms with Gasteiger partial charge in [0.05, 0.1) is 11.4 Å². The summed E-state index contributed by atoms with van der Waals surface area (Å²) in [4.78, 5) is 4.46. The molecule has 108 valence electrons. The number of nitrogens with two attached hydrogens (primary N) is 1. The Morgan fingerprint density at radius 3 is 2.60 bits per heavy atom. The Labute approximate surface area is 122 Å². The Balaban J connectivity index is 2.27. The monoisotopic (exact) mass is 311 g/mol. The Morgan fingerprint density at radius 2 is 2.00 bits per heavy atom. The predicted octanol–water partition coefficient (Wildman–Crippen LogP) is 2.13. The van der Waals surface area contributed by atoms with Crippen LogP contribution in [0.3, 0.4) is 0 Å². The number of nitrogens with zero attached hydrogens (tertiary/aromatic N) is 1. The fourth-order valence-corrected chi connectivity index (χ4v) is 4.00. The second-order valence-corrected chi connectivity index (χ2v) is 7.36. The Kier molecular flexibility index (Phi) is 4.12. The molecule has 0 unspecified atom stereocenters. The highest BCUT2D eigenvalue weighted by atomic mass is 32.2. The third-order valence-electron chi connectivity index (χ3n) is 2.91. The third-order valence-corrected chi connectivity index (χ3v) is 5.41. The van der Waals surface area contributed by atoms with E-state index in [-0.39, 0.29) is 11.4 Å². The predicted molar refractivity (Wildman–Crippen MR) is 81.2 cm³/mol. The second-order valence-electron chi connectivity index (χ2n) is 4.68. The average Bonchev–Trinajstić information content (AvgIpc) is 2.77. The molecular weight excluding hydrogens is 294 g/mol. The van der Waals surface area contributed by atoms with Crippen molar-refractivity contribution in [2.75, 3.05) is 5.73 Å². The third kappa shape index (κ3) is 3.17. The van der Waals surface area contributed by atoms with Crippen LogP contribution >= 0.6 is 11.3 Å². The van der Waals surface area contributed by atoms with Crippen molar-refractivity contribution in [3.05, 3.63) is 39.3 Å². The average molecular weight is 311 g/mol. The van der Waals surface area contributed by atoms with Gasteiger partial charge in [-0.3, -0.25) is 0 Å². The van der Waals surface area contributed by atoms with Crippen LogP contribution in [0.4, 0.5) is 5.69 Å². The van der Waals surface area contributed by atoms with Crippen molar-refractivity contribution in [3.63, 3.8) is 0 Å². The van der Waals surface area contributed by atoms with Crippen LogP contribution in [0.1, 0.15) is 21.8 Å². The van der Waals surface area contributed by atoms with E-state index in [9.17, 15) is 8.42 Å². The van der Waals surface area contributed by atoms with Crippen LogP contribution in [-0.4, -0.2) is 13.4 Å². The van der Waals surface area contributed by atoms with Gasteiger partial charge in [-0.15, -0.1) is 11.3 Å². The number of benzene rings is 1. The number of nitrogens with one attached hydrogen (secondary N) is 1. The summed E-state index contributed by atoms with van der Waals surface area (Å²) in [6, 6.07) is 3.39. The summed E-state index contributed by atoms with van der Waals surface area (Å²) in [6.45, 7) is 5.59. The van der Waals surface area contributed by atoms with Gasteiger partial charge in [0.1, 0.15) is 5.01 Å². The second kappa shape index (κ2) is 5.51. The lowest BCUT2D eigenvalue weighted by Crippen LogP contribution is -2.24. The molecule has 2 aromatic rings. The summed E-state index contributed by atoms with van der Waals surface area (Å²) in [6.07, 6.45) is 0. The first kappa shape index (κ1) is 15.0. The van der Waals surface area contributed by atoms with Crippen LogP contribution in [0.25, 0.3) is 0 Å². The van der Waals surface area contributed by atoms with Crippen molar-refractivity contribution in [1.29, 1.82) is 0 Å². The van der Waals surface area contributed by atoms with Gasteiger partial charge >= 0.3 is 0 Å². The van der Waals surface area contributed by atoms with Crippen LogP contribution in [0, 0.1) is 20.8 Å². The highest BCUT2D eigenvalue weighted by Gasteiger charge is 2.19. The summed E-state index contributed by atoms with van der Waals surface area (Å²) in [5.41, 5.74) is 8.58. The fourth-order valence-electron chi connectivity index (χ4n) is 1.85. The highest BCUT2D eigenvalue weighted by molar-refractivity contribution is 7.89. The molecule has 0 bridgehead atoms. The van der Waals surface area contributed by atoms with Crippen LogP contribution in [0.2, 0.25) is 0 Å². The topological polar surface area (TPSA) is 85.1 Å². The molecule has 20 heavy (non-hydrogen) atoms. The van der Waals surface area contributed by atoms with Crippen LogP contribution in [-0.2, 0) is 16.6 Å². The number of hydrogen-bond donors (Lipinski definition) is 2. The first-order chi connectivity index (χ1) is 9.29. The van der Waals surface area contributed by atoms with Crippen molar-refractivity contribution in [2.24, 2.45) is 0 Å². The van der Waals surface area contributed by atoms with E-state index in [0.29, 0.717) is 11.3 Å². The van der Waals surface area contributed by atoms with Gasteiger partial charge in [0.15, 0.2) is 0 Å². The molecule has 7 heteroatoms. The van der Waals surface area contributed by atoms with Crippen molar-refractivity contribution >= 4 is 27.0 Å². The maximum absolute atomic E-state index is 12.3. The van der Waals surface area contributed by atoms with Gasteiger partial charge < -0.3 is 5.73 Å². The smallest absolute Gasteiger partial charge is 0.241 e. The van der Waals surface area contributed by atoms with E-state index >= 15 is 0 Å². The molecule has 1 aromatic heterocycles. The summed E-state index contributed by atoms with van der Waals surface area (Å²) < 4.78 is 27.3. The van der Waals surface area contributed by atoms with E-state index in [1.807, 2.05) is 19.2 Å². The minimum Gasteiger partial charge on any atom is -0.398 e. The van der Waals surface area contributed by atoms with Gasteiger partial charge in [-0.25, -0.2) is 18.1 Å². The number of aromatic nitrogens is 1. The minimum atomic E-state index is -3.59. The van der Waals surface area contributed by atoms with E-state index in [4.69, 9.17) is 5.73 Å². The van der Waals surface area contributed by atoms with Gasteiger partial charge in [-0.2, -0.15) is 0 Å². The zero-order valence-electron chi connectivity index (χ0n) is 11.6. The number of thiazole rings is 1. The number of anilines is 1.